The van der Waals surface area contributed by atoms with Gasteiger partial charge in [-0.2, -0.15) is 13.2 Å². The Kier molecular flexibility index (Phi) is 3.29. The third kappa shape index (κ3) is 2.64. The first kappa shape index (κ1) is 12.9. The fourth-order valence-corrected chi connectivity index (χ4v) is 2.59. The predicted octanol–water partition coefficient (Wildman–Crippen LogP) is 2.04. The van der Waals surface area contributed by atoms with Crippen molar-refractivity contribution >= 4 is 14.7 Å². The van der Waals surface area contributed by atoms with Gasteiger partial charge >= 0.3 is 6.18 Å². The number of aromatic nitrogens is 2. The van der Waals surface area contributed by atoms with Gasteiger partial charge in [0.05, 0.1) is 27.1 Å². The lowest BCUT2D eigenvalue weighted by Crippen LogP contribution is -2.17. The molecule has 96 valence electrons. The Bertz CT molecular complexity index is 561. The molecule has 0 saturated carbocycles. The second-order valence-corrected chi connectivity index (χ2v) is 5.69. The van der Waals surface area contributed by atoms with E-state index in [1.807, 2.05) is 12.6 Å². The maximum atomic E-state index is 12.8. The van der Waals surface area contributed by atoms with Crippen LogP contribution >= 0.6 is 0 Å². The number of rotatable bonds is 2. The van der Waals surface area contributed by atoms with Crippen LogP contribution in [0, 0.1) is 6.92 Å². The molecule has 0 bridgehead atoms. The second-order valence-electron chi connectivity index (χ2n) is 4.16. The molecule has 0 spiro atoms. The van der Waals surface area contributed by atoms with Crippen molar-refractivity contribution in [1.29, 1.82) is 0 Å². The van der Waals surface area contributed by atoms with Gasteiger partial charge in [0.15, 0.2) is 0 Å². The zero-order valence-electron chi connectivity index (χ0n) is 10.1. The summed E-state index contributed by atoms with van der Waals surface area (Å²) in [6.45, 7) is 3.78. The molecule has 1 aromatic carbocycles. The van der Waals surface area contributed by atoms with Crippen LogP contribution in [-0.4, -0.2) is 19.1 Å². The molecule has 0 aliphatic carbocycles. The molecule has 0 unspecified atom stereocenters. The Hall–Kier alpha value is -1.56. The minimum Gasteiger partial charge on any atom is -0.306 e. The highest BCUT2D eigenvalue weighted by Gasteiger charge is 2.31. The van der Waals surface area contributed by atoms with Crippen molar-refractivity contribution in [3.8, 4) is 5.69 Å². The van der Waals surface area contributed by atoms with Crippen molar-refractivity contribution in [3.63, 3.8) is 0 Å². The van der Waals surface area contributed by atoms with Gasteiger partial charge in [0.1, 0.15) is 0 Å². The second kappa shape index (κ2) is 4.60. The third-order valence-corrected chi connectivity index (χ3v) is 3.95. The molecular weight excluding hydrogens is 257 g/mol. The number of alkyl halides is 3. The van der Waals surface area contributed by atoms with E-state index in [2.05, 4.69) is 4.98 Å². The Labute approximate surface area is 105 Å². The van der Waals surface area contributed by atoms with Gasteiger partial charge in [0.2, 0.25) is 0 Å². The monoisotopic (exact) mass is 270 g/mol. The van der Waals surface area contributed by atoms with Crippen LogP contribution in [0.1, 0.15) is 11.3 Å². The summed E-state index contributed by atoms with van der Waals surface area (Å²) in [5.41, 5.74) is 0.716. The van der Waals surface area contributed by atoms with Gasteiger partial charge in [-0.1, -0.05) is 17.8 Å². The molecule has 6 heteroatoms. The van der Waals surface area contributed by atoms with E-state index in [4.69, 9.17) is 0 Å². The third-order valence-electron chi connectivity index (χ3n) is 2.72. The standard InChI is InChI=1S/C12H13F3N2Si/c1-8-6-17(7-16-8)10-3-9(12(13,14)15)4-11(5-10)18-2/h3-7H,18H2,1-2H3. The lowest BCUT2D eigenvalue weighted by molar-refractivity contribution is -0.137. The minimum absolute atomic E-state index is 0.523. The van der Waals surface area contributed by atoms with Gasteiger partial charge in [0, 0.05) is 11.9 Å². The zero-order valence-corrected chi connectivity index (χ0v) is 11.5. The van der Waals surface area contributed by atoms with Crippen LogP contribution in [0.3, 0.4) is 0 Å². The van der Waals surface area contributed by atoms with E-state index >= 15 is 0 Å². The summed E-state index contributed by atoms with van der Waals surface area (Å²) in [4.78, 5) is 4.03. The molecule has 2 nitrogen and oxygen atoms in total. The average molecular weight is 270 g/mol. The van der Waals surface area contributed by atoms with Gasteiger partial charge in [-0.3, -0.25) is 0 Å². The van der Waals surface area contributed by atoms with E-state index in [-0.39, 0.29) is 0 Å². The largest absolute Gasteiger partial charge is 0.416 e. The fraction of sp³-hybridized carbons (Fsp3) is 0.250. The lowest BCUT2D eigenvalue weighted by atomic mass is 10.2. The van der Waals surface area contributed by atoms with Crippen LogP contribution in [0.4, 0.5) is 13.2 Å². The Morgan fingerprint density at radius 1 is 1.22 bits per heavy atom. The van der Waals surface area contributed by atoms with Gasteiger partial charge in [-0.15, -0.1) is 0 Å². The van der Waals surface area contributed by atoms with E-state index in [0.29, 0.717) is 5.69 Å². The van der Waals surface area contributed by atoms with Crippen LogP contribution in [0.15, 0.2) is 30.7 Å². The number of hydrogen-bond acceptors (Lipinski definition) is 1. The first-order valence-electron chi connectivity index (χ1n) is 5.62. The van der Waals surface area contributed by atoms with Gasteiger partial charge in [-0.25, -0.2) is 4.98 Å². The van der Waals surface area contributed by atoms with Crippen molar-refractivity contribution in [3.05, 3.63) is 42.0 Å². The molecule has 0 N–H and O–H groups in total. The fourth-order valence-electron chi connectivity index (χ4n) is 1.75. The van der Waals surface area contributed by atoms with Crippen molar-refractivity contribution in [2.75, 3.05) is 0 Å². The Morgan fingerprint density at radius 2 is 1.94 bits per heavy atom. The van der Waals surface area contributed by atoms with Crippen molar-refractivity contribution < 1.29 is 13.2 Å². The highest BCUT2D eigenvalue weighted by molar-refractivity contribution is 6.52. The first-order chi connectivity index (χ1) is 8.40. The van der Waals surface area contributed by atoms with Gasteiger partial charge in [0.25, 0.3) is 0 Å². The number of aryl methyl sites for hydroxylation is 1. The zero-order chi connectivity index (χ0) is 13.3. The van der Waals surface area contributed by atoms with E-state index in [1.165, 1.54) is 12.4 Å². The Morgan fingerprint density at radius 3 is 2.44 bits per heavy atom. The molecule has 0 atom stereocenters. The molecule has 0 saturated heterocycles. The molecular formula is C12H13F3N2Si. The normalized spacial score (nSPS) is 12.5. The highest BCUT2D eigenvalue weighted by Crippen LogP contribution is 2.29. The van der Waals surface area contributed by atoms with Gasteiger partial charge < -0.3 is 4.57 Å². The maximum Gasteiger partial charge on any atom is 0.416 e. The SMILES string of the molecule is C[SiH2]c1cc(-n2cnc(C)c2)cc(C(F)(F)F)c1. The van der Waals surface area contributed by atoms with Crippen molar-refractivity contribution in [1.82, 2.24) is 9.55 Å². The lowest BCUT2D eigenvalue weighted by Gasteiger charge is -2.11. The number of nitrogens with zero attached hydrogens (tertiary/aromatic N) is 2. The maximum absolute atomic E-state index is 12.8. The molecule has 2 aromatic rings. The average Bonchev–Trinajstić information content (AvgIpc) is 2.74. The highest BCUT2D eigenvalue weighted by atomic mass is 28.2. The van der Waals surface area contributed by atoms with E-state index in [9.17, 15) is 13.2 Å². The Balaban J connectivity index is 2.54. The molecule has 1 heterocycles. The predicted molar refractivity (Wildman–Crippen MR) is 67.3 cm³/mol. The van der Waals surface area contributed by atoms with Gasteiger partial charge in [-0.05, 0) is 19.1 Å². The summed E-state index contributed by atoms with van der Waals surface area (Å²) in [7, 11) is -0.641. The summed E-state index contributed by atoms with van der Waals surface area (Å²) in [6.07, 6.45) is -1.05. The minimum atomic E-state index is -4.30. The number of imidazole rings is 1. The molecule has 18 heavy (non-hydrogen) atoms. The van der Waals surface area contributed by atoms with E-state index in [0.717, 1.165) is 16.9 Å². The molecule has 0 radical (unpaired) electrons. The molecule has 0 fully saturated rings. The van der Waals surface area contributed by atoms with Crippen LogP contribution in [0.2, 0.25) is 6.55 Å². The number of hydrogen-bond donors (Lipinski definition) is 0. The summed E-state index contributed by atoms with van der Waals surface area (Å²) in [5.74, 6) is 0. The molecule has 0 amide bonds. The van der Waals surface area contributed by atoms with E-state index in [1.54, 1.807) is 17.7 Å². The van der Waals surface area contributed by atoms with Crippen molar-refractivity contribution in [2.45, 2.75) is 19.6 Å². The molecule has 0 aliphatic heterocycles. The number of benzene rings is 1. The quantitative estimate of drug-likeness (QED) is 0.764. The first-order valence-corrected chi connectivity index (χ1v) is 7.74. The smallest absolute Gasteiger partial charge is 0.306 e. The van der Waals surface area contributed by atoms with Crippen LogP contribution in [0.5, 0.6) is 0 Å². The van der Waals surface area contributed by atoms with Crippen LogP contribution in [-0.2, 0) is 6.18 Å². The summed E-state index contributed by atoms with van der Waals surface area (Å²) >= 11 is 0. The van der Waals surface area contributed by atoms with Crippen LogP contribution < -0.4 is 5.19 Å². The molecule has 2 rings (SSSR count). The topological polar surface area (TPSA) is 17.8 Å². The summed E-state index contributed by atoms with van der Waals surface area (Å²) in [6, 6.07) is 4.22. The van der Waals surface area contributed by atoms with E-state index < -0.39 is 21.3 Å². The molecule has 0 aliphatic rings. The molecule has 1 aromatic heterocycles. The number of halogens is 3. The summed E-state index contributed by atoms with van der Waals surface area (Å²) in [5, 5.41) is 0.797. The van der Waals surface area contributed by atoms with Crippen molar-refractivity contribution in [2.24, 2.45) is 0 Å². The summed E-state index contributed by atoms with van der Waals surface area (Å²) < 4.78 is 40.0. The van der Waals surface area contributed by atoms with Crippen LogP contribution in [0.25, 0.3) is 5.69 Å².